The molecule has 0 amide bonds. The summed E-state index contributed by atoms with van der Waals surface area (Å²) >= 11 is 0. The van der Waals surface area contributed by atoms with E-state index in [4.69, 9.17) is 20.9 Å². The van der Waals surface area contributed by atoms with Gasteiger partial charge in [0.15, 0.2) is 11.5 Å². The number of carbonyl (C=O) groups is 2. The van der Waals surface area contributed by atoms with Crippen LogP contribution in [-0.2, 0) is 19.4 Å². The Balaban J connectivity index is 1.80. The van der Waals surface area contributed by atoms with E-state index in [2.05, 4.69) is 9.78 Å². The zero-order chi connectivity index (χ0) is 17.7. The zero-order valence-corrected chi connectivity index (χ0v) is 13.7. The number of ether oxygens (including phenoxy) is 2. The van der Waals surface area contributed by atoms with E-state index in [-0.39, 0.29) is 19.1 Å². The maximum Gasteiger partial charge on any atom is 0.372 e. The lowest BCUT2D eigenvalue weighted by atomic mass is 10.0. The van der Waals surface area contributed by atoms with Crippen LogP contribution < -0.4 is 20.9 Å². The minimum Gasteiger partial charge on any atom is -0.454 e. The lowest BCUT2D eigenvalue weighted by Crippen LogP contribution is -2.34. The topological polar surface area (TPSA) is 123 Å². The predicted octanol–water partition coefficient (Wildman–Crippen LogP) is 1.18. The first-order valence-corrected chi connectivity index (χ1v) is 7.68. The average molecular weight is 338 g/mol. The number of hydrogen-bond acceptors (Lipinski definition) is 8. The SMILES string of the molecule is CC(C)CC(N)C(=O)OOC(=O)CC(N)c1ccc2c(c1)OCO2. The fourth-order valence-electron chi connectivity index (χ4n) is 2.23. The Hall–Kier alpha value is -2.32. The Labute approximate surface area is 139 Å². The van der Waals surface area contributed by atoms with E-state index in [9.17, 15) is 9.59 Å². The highest BCUT2D eigenvalue weighted by Crippen LogP contribution is 2.34. The van der Waals surface area contributed by atoms with Crippen LogP contribution in [0.5, 0.6) is 11.5 Å². The molecule has 0 aliphatic carbocycles. The molecule has 4 N–H and O–H groups in total. The summed E-state index contributed by atoms with van der Waals surface area (Å²) in [5.41, 5.74) is 12.3. The van der Waals surface area contributed by atoms with Crippen LogP contribution in [0.1, 0.15) is 38.3 Å². The van der Waals surface area contributed by atoms with Gasteiger partial charge in [-0.1, -0.05) is 19.9 Å². The van der Waals surface area contributed by atoms with Crippen molar-refractivity contribution in [3.8, 4) is 11.5 Å². The van der Waals surface area contributed by atoms with Crippen LogP contribution in [0.15, 0.2) is 18.2 Å². The second-order valence-electron chi connectivity index (χ2n) is 6.02. The van der Waals surface area contributed by atoms with Crippen LogP contribution in [0.4, 0.5) is 0 Å². The van der Waals surface area contributed by atoms with E-state index in [0.29, 0.717) is 23.5 Å². The lowest BCUT2D eigenvalue weighted by molar-refractivity contribution is -0.260. The van der Waals surface area contributed by atoms with Gasteiger partial charge in [0.25, 0.3) is 0 Å². The van der Waals surface area contributed by atoms with Crippen molar-refractivity contribution >= 4 is 11.9 Å². The second kappa shape index (κ2) is 7.98. The van der Waals surface area contributed by atoms with Crippen molar-refractivity contribution in [2.45, 2.75) is 38.8 Å². The minimum atomic E-state index is -0.833. The van der Waals surface area contributed by atoms with Crippen LogP contribution in [0.3, 0.4) is 0 Å². The van der Waals surface area contributed by atoms with Crippen LogP contribution in [0.2, 0.25) is 0 Å². The van der Waals surface area contributed by atoms with E-state index in [1.54, 1.807) is 18.2 Å². The van der Waals surface area contributed by atoms with Crippen LogP contribution >= 0.6 is 0 Å². The molecular formula is C16H22N2O6. The summed E-state index contributed by atoms with van der Waals surface area (Å²) in [5.74, 6) is -0.120. The molecule has 0 spiro atoms. The first-order chi connectivity index (χ1) is 11.4. The van der Waals surface area contributed by atoms with E-state index in [0.717, 1.165) is 0 Å². The maximum absolute atomic E-state index is 11.7. The minimum absolute atomic E-state index is 0.155. The first-order valence-electron chi connectivity index (χ1n) is 7.68. The number of carbonyl (C=O) groups excluding carboxylic acids is 2. The molecule has 1 aromatic carbocycles. The van der Waals surface area contributed by atoms with Gasteiger partial charge in [0.2, 0.25) is 6.79 Å². The van der Waals surface area contributed by atoms with Crippen molar-refractivity contribution in [1.82, 2.24) is 0 Å². The highest BCUT2D eigenvalue weighted by atomic mass is 17.2. The Bertz CT molecular complexity index is 604. The Morgan fingerprint density at radius 2 is 1.88 bits per heavy atom. The summed E-state index contributed by atoms with van der Waals surface area (Å²) in [6.07, 6.45) is 0.277. The molecule has 1 aromatic rings. The summed E-state index contributed by atoms with van der Waals surface area (Å²) in [7, 11) is 0. The van der Waals surface area contributed by atoms with Crippen molar-refractivity contribution in [2.75, 3.05) is 6.79 Å². The smallest absolute Gasteiger partial charge is 0.372 e. The first kappa shape index (κ1) is 18.0. The summed E-state index contributed by atoms with van der Waals surface area (Å²) in [5, 5.41) is 0. The quantitative estimate of drug-likeness (QED) is 0.585. The molecule has 8 nitrogen and oxygen atoms in total. The highest BCUT2D eigenvalue weighted by Gasteiger charge is 2.22. The molecular weight excluding hydrogens is 316 g/mol. The Morgan fingerprint density at radius 3 is 2.58 bits per heavy atom. The van der Waals surface area contributed by atoms with Gasteiger partial charge in [-0.3, -0.25) is 0 Å². The molecule has 1 aliphatic rings. The van der Waals surface area contributed by atoms with Crippen molar-refractivity contribution in [1.29, 1.82) is 0 Å². The Morgan fingerprint density at radius 1 is 1.17 bits per heavy atom. The van der Waals surface area contributed by atoms with Crippen LogP contribution in [0.25, 0.3) is 0 Å². The van der Waals surface area contributed by atoms with Gasteiger partial charge in [0.05, 0.1) is 6.42 Å². The van der Waals surface area contributed by atoms with E-state index >= 15 is 0 Å². The van der Waals surface area contributed by atoms with E-state index < -0.39 is 24.0 Å². The predicted molar refractivity (Wildman–Crippen MR) is 83.7 cm³/mol. The normalized spacial score (nSPS) is 15.0. The summed E-state index contributed by atoms with van der Waals surface area (Å²) in [6.45, 7) is 4.00. The van der Waals surface area contributed by atoms with Crippen molar-refractivity contribution < 1.29 is 28.8 Å². The molecule has 0 saturated heterocycles. The summed E-state index contributed by atoms with van der Waals surface area (Å²) < 4.78 is 10.5. The molecule has 132 valence electrons. The third kappa shape index (κ3) is 4.84. The molecule has 0 saturated carbocycles. The van der Waals surface area contributed by atoms with E-state index in [1.807, 2.05) is 13.8 Å². The maximum atomic E-state index is 11.7. The fourth-order valence-corrected chi connectivity index (χ4v) is 2.23. The van der Waals surface area contributed by atoms with Gasteiger partial charge >= 0.3 is 11.9 Å². The number of fused-ring (bicyclic) bond motifs is 1. The average Bonchev–Trinajstić information content (AvgIpc) is 2.99. The number of hydrogen-bond donors (Lipinski definition) is 2. The monoisotopic (exact) mass is 338 g/mol. The number of rotatable bonds is 6. The summed E-state index contributed by atoms with van der Waals surface area (Å²) in [6, 6.07) is 3.68. The van der Waals surface area contributed by atoms with Gasteiger partial charge in [-0.2, -0.15) is 0 Å². The molecule has 0 radical (unpaired) electrons. The molecule has 0 fully saturated rings. The fraction of sp³-hybridized carbons (Fsp3) is 0.500. The third-order valence-electron chi connectivity index (χ3n) is 3.46. The van der Waals surface area contributed by atoms with Gasteiger partial charge in [0, 0.05) is 6.04 Å². The van der Waals surface area contributed by atoms with Crippen LogP contribution in [-0.4, -0.2) is 24.8 Å². The standard InChI is InChI=1S/C16H22N2O6/c1-9(2)5-12(18)16(20)24-23-15(19)7-11(17)10-3-4-13-14(6-10)22-8-21-13/h3-4,6,9,11-12H,5,7-8,17-18H2,1-2H3. The van der Waals surface area contributed by atoms with Crippen LogP contribution in [0, 0.1) is 5.92 Å². The zero-order valence-electron chi connectivity index (χ0n) is 13.7. The molecule has 8 heteroatoms. The molecule has 24 heavy (non-hydrogen) atoms. The van der Waals surface area contributed by atoms with Gasteiger partial charge < -0.3 is 20.9 Å². The molecule has 2 atom stereocenters. The lowest BCUT2D eigenvalue weighted by Gasteiger charge is -2.13. The number of benzene rings is 1. The molecule has 0 bridgehead atoms. The van der Waals surface area contributed by atoms with Crippen molar-refractivity contribution in [2.24, 2.45) is 17.4 Å². The molecule has 2 unspecified atom stereocenters. The van der Waals surface area contributed by atoms with Gasteiger partial charge in [0.1, 0.15) is 6.04 Å². The Kier molecular flexibility index (Phi) is 5.99. The van der Waals surface area contributed by atoms with E-state index in [1.165, 1.54) is 0 Å². The van der Waals surface area contributed by atoms with Gasteiger partial charge in [-0.25, -0.2) is 19.4 Å². The van der Waals surface area contributed by atoms with Gasteiger partial charge in [-0.05, 0) is 30.0 Å². The largest absolute Gasteiger partial charge is 0.454 e. The molecule has 0 aromatic heterocycles. The highest BCUT2D eigenvalue weighted by molar-refractivity contribution is 5.77. The third-order valence-corrected chi connectivity index (χ3v) is 3.46. The molecule has 2 rings (SSSR count). The molecule has 1 aliphatic heterocycles. The second-order valence-corrected chi connectivity index (χ2v) is 6.02. The van der Waals surface area contributed by atoms with Crippen molar-refractivity contribution in [3.05, 3.63) is 23.8 Å². The van der Waals surface area contributed by atoms with Gasteiger partial charge in [-0.15, -0.1) is 0 Å². The summed E-state index contributed by atoms with van der Waals surface area (Å²) in [4.78, 5) is 32.3. The number of nitrogens with two attached hydrogens (primary N) is 2. The molecule has 1 heterocycles. The van der Waals surface area contributed by atoms with Crippen molar-refractivity contribution in [3.63, 3.8) is 0 Å².